The molecule has 0 N–H and O–H groups in total. The van der Waals surface area contributed by atoms with Crippen LogP contribution in [0.5, 0.6) is 5.75 Å². The van der Waals surface area contributed by atoms with Crippen molar-refractivity contribution in [2.75, 3.05) is 0 Å². The first-order chi connectivity index (χ1) is 23.8. The standard InChI is InChI=1S/C45H30N2O/c1-3-13-29(14-4-1)31-25-26-41-37(27-31)33-18-8-10-22-40(33)47(41)42-23-11-20-35-44-34(19-12-24-43(44)48-45(35)42)36-28-39(30-15-5-2-6-16-30)46-38-21-9-7-17-32(36)38/h1-19,21-28,35H,20H2. The Morgan fingerprint density at radius 3 is 2.15 bits per heavy atom. The number of allylic oxidation sites excluding steroid dienone is 4. The van der Waals surface area contributed by atoms with Gasteiger partial charge in [0.2, 0.25) is 0 Å². The van der Waals surface area contributed by atoms with Crippen molar-refractivity contribution in [3.63, 3.8) is 0 Å². The molecule has 48 heavy (non-hydrogen) atoms. The molecule has 2 aliphatic rings. The molecule has 0 amide bonds. The van der Waals surface area contributed by atoms with E-state index >= 15 is 0 Å². The summed E-state index contributed by atoms with van der Waals surface area (Å²) in [5.41, 5.74) is 12.6. The van der Waals surface area contributed by atoms with Crippen molar-refractivity contribution in [2.24, 2.45) is 0 Å². The van der Waals surface area contributed by atoms with Gasteiger partial charge in [0.15, 0.2) is 0 Å². The quantitative estimate of drug-likeness (QED) is 0.197. The molecule has 1 aliphatic carbocycles. The number of hydrogen-bond donors (Lipinski definition) is 0. The maximum atomic E-state index is 6.92. The van der Waals surface area contributed by atoms with Crippen molar-refractivity contribution in [3.8, 4) is 39.3 Å². The van der Waals surface area contributed by atoms with Crippen molar-refractivity contribution in [2.45, 2.75) is 12.3 Å². The number of aromatic nitrogens is 2. The van der Waals surface area contributed by atoms with Crippen LogP contribution in [0, 0.1) is 0 Å². The van der Waals surface area contributed by atoms with Gasteiger partial charge < -0.3 is 9.30 Å². The summed E-state index contributed by atoms with van der Waals surface area (Å²) in [6.07, 6.45) is 5.45. The number of fused-ring (bicyclic) bond motifs is 7. The van der Waals surface area contributed by atoms with E-state index in [9.17, 15) is 0 Å². The highest BCUT2D eigenvalue weighted by atomic mass is 16.5. The summed E-state index contributed by atoms with van der Waals surface area (Å²) in [7, 11) is 0. The average molecular weight is 615 g/mol. The number of ether oxygens (including phenoxy) is 1. The molecule has 0 saturated heterocycles. The van der Waals surface area contributed by atoms with Gasteiger partial charge in [-0.15, -0.1) is 0 Å². The van der Waals surface area contributed by atoms with Crippen LogP contribution in [0.25, 0.3) is 71.9 Å². The van der Waals surface area contributed by atoms with E-state index in [1.807, 2.05) is 6.07 Å². The first-order valence-electron chi connectivity index (χ1n) is 16.6. The van der Waals surface area contributed by atoms with Crippen LogP contribution in [-0.4, -0.2) is 9.55 Å². The van der Waals surface area contributed by atoms with Gasteiger partial charge in [0, 0.05) is 27.3 Å². The van der Waals surface area contributed by atoms with E-state index in [2.05, 4.69) is 162 Å². The molecule has 3 heteroatoms. The molecule has 10 rings (SSSR count). The minimum Gasteiger partial charge on any atom is -0.459 e. The molecule has 0 spiro atoms. The van der Waals surface area contributed by atoms with Crippen LogP contribution < -0.4 is 4.74 Å². The summed E-state index contributed by atoms with van der Waals surface area (Å²) < 4.78 is 9.32. The van der Waals surface area contributed by atoms with Gasteiger partial charge in [-0.25, -0.2) is 4.98 Å². The summed E-state index contributed by atoms with van der Waals surface area (Å²) in [5, 5.41) is 3.62. The second kappa shape index (κ2) is 10.7. The average Bonchev–Trinajstić information content (AvgIpc) is 3.71. The van der Waals surface area contributed by atoms with E-state index in [1.165, 1.54) is 49.6 Å². The Hall–Kier alpha value is -6.19. The Morgan fingerprint density at radius 1 is 0.562 bits per heavy atom. The smallest absolute Gasteiger partial charge is 0.136 e. The third-order valence-electron chi connectivity index (χ3n) is 9.95. The number of benzene rings is 6. The van der Waals surface area contributed by atoms with Crippen LogP contribution in [0.3, 0.4) is 0 Å². The Balaban J connectivity index is 1.17. The lowest BCUT2D eigenvalue weighted by Gasteiger charge is -2.21. The maximum absolute atomic E-state index is 6.92. The van der Waals surface area contributed by atoms with E-state index in [1.54, 1.807) is 0 Å². The van der Waals surface area contributed by atoms with Crippen LogP contribution in [0.2, 0.25) is 0 Å². The molecule has 1 aliphatic heterocycles. The molecule has 0 saturated carbocycles. The molecule has 8 aromatic rings. The van der Waals surface area contributed by atoms with Crippen LogP contribution >= 0.6 is 0 Å². The molecule has 6 aromatic carbocycles. The topological polar surface area (TPSA) is 27.1 Å². The summed E-state index contributed by atoms with van der Waals surface area (Å²) in [6, 6.07) is 53.9. The Kier molecular flexibility index (Phi) is 6.00. The lowest BCUT2D eigenvalue weighted by atomic mass is 9.85. The highest BCUT2D eigenvalue weighted by Gasteiger charge is 2.36. The summed E-state index contributed by atoms with van der Waals surface area (Å²) >= 11 is 0. The predicted molar refractivity (Wildman–Crippen MR) is 198 cm³/mol. The number of rotatable bonds is 4. The molecule has 0 fully saturated rings. The highest BCUT2D eigenvalue weighted by molar-refractivity contribution is 6.12. The third kappa shape index (κ3) is 4.11. The van der Waals surface area contributed by atoms with E-state index in [0.717, 1.165) is 45.8 Å². The second-order valence-corrected chi connectivity index (χ2v) is 12.6. The highest BCUT2D eigenvalue weighted by Crippen LogP contribution is 2.52. The SMILES string of the molecule is C1=CC(n2c3ccccc3c3cc(-c4ccccc4)ccc32)=C2Oc3cccc(-c4cc(-c5ccccc5)nc5ccccc45)c3C2C1. The molecule has 1 atom stereocenters. The first-order valence-corrected chi connectivity index (χ1v) is 16.6. The van der Waals surface area contributed by atoms with E-state index in [0.29, 0.717) is 0 Å². The van der Waals surface area contributed by atoms with E-state index in [-0.39, 0.29) is 5.92 Å². The number of nitrogens with zero attached hydrogens (tertiary/aromatic N) is 2. The number of para-hydroxylation sites is 2. The zero-order valence-electron chi connectivity index (χ0n) is 26.2. The lowest BCUT2D eigenvalue weighted by Crippen LogP contribution is -2.10. The fourth-order valence-electron chi connectivity index (χ4n) is 7.78. The van der Waals surface area contributed by atoms with Crippen molar-refractivity contribution in [1.29, 1.82) is 0 Å². The molecule has 226 valence electrons. The van der Waals surface area contributed by atoms with Gasteiger partial charge in [-0.05, 0) is 71.1 Å². The fraction of sp³-hybridized carbons (Fsp3) is 0.0444. The molecule has 2 aromatic heterocycles. The molecule has 0 radical (unpaired) electrons. The van der Waals surface area contributed by atoms with E-state index in [4.69, 9.17) is 9.72 Å². The fourth-order valence-corrected chi connectivity index (χ4v) is 7.78. The molecule has 0 bridgehead atoms. The molecular weight excluding hydrogens is 585 g/mol. The normalized spacial score (nSPS) is 15.2. The van der Waals surface area contributed by atoms with Gasteiger partial charge in [-0.3, -0.25) is 0 Å². The van der Waals surface area contributed by atoms with Crippen molar-refractivity contribution in [3.05, 3.63) is 175 Å². The van der Waals surface area contributed by atoms with Gasteiger partial charge in [0.1, 0.15) is 11.5 Å². The number of hydrogen-bond acceptors (Lipinski definition) is 2. The van der Waals surface area contributed by atoms with Gasteiger partial charge >= 0.3 is 0 Å². The minimum atomic E-state index is 0.100. The molecular formula is C45H30N2O. The van der Waals surface area contributed by atoms with Crippen LogP contribution in [-0.2, 0) is 0 Å². The lowest BCUT2D eigenvalue weighted by molar-refractivity contribution is 0.426. The monoisotopic (exact) mass is 614 g/mol. The van der Waals surface area contributed by atoms with Gasteiger partial charge in [-0.1, -0.05) is 121 Å². The first kappa shape index (κ1) is 27.0. The van der Waals surface area contributed by atoms with Crippen molar-refractivity contribution >= 4 is 38.4 Å². The Labute approximate surface area is 278 Å². The van der Waals surface area contributed by atoms with Crippen LogP contribution in [0.15, 0.2) is 170 Å². The molecule has 3 nitrogen and oxygen atoms in total. The van der Waals surface area contributed by atoms with Gasteiger partial charge in [0.05, 0.1) is 33.9 Å². The summed E-state index contributed by atoms with van der Waals surface area (Å²) in [4.78, 5) is 5.08. The van der Waals surface area contributed by atoms with Gasteiger partial charge in [0.25, 0.3) is 0 Å². The predicted octanol–water partition coefficient (Wildman–Crippen LogP) is 11.6. The Morgan fingerprint density at radius 2 is 1.29 bits per heavy atom. The second-order valence-electron chi connectivity index (χ2n) is 12.6. The minimum absolute atomic E-state index is 0.100. The van der Waals surface area contributed by atoms with Crippen LogP contribution in [0.1, 0.15) is 17.9 Å². The molecule has 1 unspecified atom stereocenters. The zero-order valence-corrected chi connectivity index (χ0v) is 26.2. The zero-order chi connectivity index (χ0) is 31.6. The summed E-state index contributed by atoms with van der Waals surface area (Å²) in [5.74, 6) is 2.04. The van der Waals surface area contributed by atoms with E-state index < -0.39 is 0 Å². The summed E-state index contributed by atoms with van der Waals surface area (Å²) in [6.45, 7) is 0. The molecule has 3 heterocycles. The number of pyridine rings is 1. The van der Waals surface area contributed by atoms with Crippen LogP contribution in [0.4, 0.5) is 0 Å². The van der Waals surface area contributed by atoms with Crippen molar-refractivity contribution < 1.29 is 4.74 Å². The van der Waals surface area contributed by atoms with Gasteiger partial charge in [-0.2, -0.15) is 0 Å². The maximum Gasteiger partial charge on any atom is 0.136 e. The van der Waals surface area contributed by atoms with Crippen molar-refractivity contribution in [1.82, 2.24) is 9.55 Å². The Bertz CT molecular complexity index is 2610. The largest absolute Gasteiger partial charge is 0.459 e. The third-order valence-corrected chi connectivity index (χ3v) is 9.95.